The molecule has 0 amide bonds. The van der Waals surface area contributed by atoms with E-state index in [2.05, 4.69) is 38.6 Å². The molecular weight excluding hydrogens is 262 g/mol. The van der Waals surface area contributed by atoms with Gasteiger partial charge in [0.2, 0.25) is 5.82 Å². The summed E-state index contributed by atoms with van der Waals surface area (Å²) in [6.07, 6.45) is 0. The Kier molecular flexibility index (Phi) is 3.55. The van der Waals surface area contributed by atoms with Gasteiger partial charge in [-0.25, -0.2) is 0 Å². The summed E-state index contributed by atoms with van der Waals surface area (Å²) in [4.78, 5) is 1.77. The Labute approximate surface area is 123 Å². The minimum absolute atomic E-state index is 0.498. The van der Waals surface area contributed by atoms with Crippen LogP contribution in [0, 0.1) is 0 Å². The maximum atomic E-state index is 4.14. The van der Waals surface area contributed by atoms with Crippen molar-refractivity contribution in [2.75, 3.05) is 19.0 Å². The van der Waals surface area contributed by atoms with E-state index >= 15 is 0 Å². The van der Waals surface area contributed by atoms with Gasteiger partial charge in [0.1, 0.15) is 0 Å². The summed E-state index contributed by atoms with van der Waals surface area (Å²) < 4.78 is 0. The van der Waals surface area contributed by atoms with Gasteiger partial charge in [-0.3, -0.25) is 0 Å². The Bertz CT molecular complexity index is 723. The predicted molar refractivity (Wildman–Crippen MR) is 82.8 cm³/mol. The van der Waals surface area contributed by atoms with Crippen LogP contribution >= 0.6 is 0 Å². The second kappa shape index (κ2) is 5.66. The van der Waals surface area contributed by atoms with Crippen molar-refractivity contribution in [3.63, 3.8) is 0 Å². The molecule has 2 aromatic carbocycles. The molecule has 0 radical (unpaired) electrons. The lowest BCUT2D eigenvalue weighted by Crippen LogP contribution is -2.14. The van der Waals surface area contributed by atoms with Crippen molar-refractivity contribution in [1.29, 1.82) is 0 Å². The predicted octanol–water partition coefficient (Wildman–Crippen LogP) is 2.67. The van der Waals surface area contributed by atoms with E-state index in [1.165, 1.54) is 0 Å². The van der Waals surface area contributed by atoms with E-state index in [-0.39, 0.29) is 0 Å². The molecule has 104 valence electrons. The summed E-state index contributed by atoms with van der Waals surface area (Å²) in [7, 11) is 3.71. The monoisotopic (exact) mass is 277 g/mol. The first-order valence-electron chi connectivity index (χ1n) is 6.64. The third-order valence-corrected chi connectivity index (χ3v) is 3.10. The summed E-state index contributed by atoms with van der Waals surface area (Å²) in [6, 6.07) is 18.3. The molecule has 0 aliphatic carbocycles. The Morgan fingerprint density at radius 3 is 1.95 bits per heavy atom. The van der Waals surface area contributed by atoms with Crippen LogP contribution in [0.15, 0.2) is 54.6 Å². The summed E-state index contributed by atoms with van der Waals surface area (Å²) in [6.45, 7) is 0. The highest BCUT2D eigenvalue weighted by Gasteiger charge is 2.07. The Balaban J connectivity index is 1.96. The van der Waals surface area contributed by atoms with Crippen molar-refractivity contribution < 1.29 is 0 Å². The average molecular weight is 277 g/mol. The van der Waals surface area contributed by atoms with Gasteiger partial charge in [0.15, 0.2) is 0 Å². The topological polar surface area (TPSA) is 54.8 Å². The molecule has 0 fully saturated rings. The van der Waals surface area contributed by atoms with E-state index in [1.807, 2.05) is 50.5 Å². The third-order valence-electron chi connectivity index (χ3n) is 3.10. The molecule has 3 aromatic rings. The standard InChI is InChI=1S/C16H15N5/c1-21(2)16-19-17-15(18-20-16)14-10-6-9-13(11-14)12-7-4-3-5-8-12/h3-11H,1-2H3. The third kappa shape index (κ3) is 2.86. The van der Waals surface area contributed by atoms with E-state index in [9.17, 15) is 0 Å². The maximum Gasteiger partial charge on any atom is 0.264 e. The molecule has 0 spiro atoms. The molecule has 0 saturated heterocycles. The number of anilines is 1. The fraction of sp³-hybridized carbons (Fsp3) is 0.125. The molecule has 0 aliphatic rings. The molecule has 0 bridgehead atoms. The first-order valence-corrected chi connectivity index (χ1v) is 6.64. The number of aromatic nitrogens is 4. The first-order chi connectivity index (χ1) is 10.2. The lowest BCUT2D eigenvalue weighted by atomic mass is 10.0. The minimum atomic E-state index is 0.498. The largest absolute Gasteiger partial charge is 0.344 e. The van der Waals surface area contributed by atoms with Gasteiger partial charge in [-0.05, 0) is 17.2 Å². The van der Waals surface area contributed by atoms with Gasteiger partial charge in [-0.2, -0.15) is 0 Å². The fourth-order valence-corrected chi connectivity index (χ4v) is 1.99. The van der Waals surface area contributed by atoms with Crippen LogP contribution in [0.1, 0.15) is 0 Å². The highest BCUT2D eigenvalue weighted by Crippen LogP contribution is 2.23. The van der Waals surface area contributed by atoms with Crippen molar-refractivity contribution in [1.82, 2.24) is 20.4 Å². The van der Waals surface area contributed by atoms with Gasteiger partial charge in [-0.15, -0.1) is 20.4 Å². The number of hydrogen-bond donors (Lipinski definition) is 0. The van der Waals surface area contributed by atoms with Gasteiger partial charge < -0.3 is 4.90 Å². The van der Waals surface area contributed by atoms with Crippen LogP contribution in [0.5, 0.6) is 0 Å². The van der Waals surface area contributed by atoms with Crippen molar-refractivity contribution in [2.24, 2.45) is 0 Å². The molecule has 0 N–H and O–H groups in total. The zero-order valence-electron chi connectivity index (χ0n) is 11.9. The summed E-state index contributed by atoms with van der Waals surface area (Å²) in [5.74, 6) is 1.02. The van der Waals surface area contributed by atoms with Crippen LogP contribution in [-0.4, -0.2) is 34.5 Å². The summed E-state index contributed by atoms with van der Waals surface area (Å²) >= 11 is 0. The van der Waals surface area contributed by atoms with Gasteiger partial charge >= 0.3 is 0 Å². The van der Waals surface area contributed by atoms with Gasteiger partial charge in [-0.1, -0.05) is 48.5 Å². The quantitative estimate of drug-likeness (QED) is 0.736. The molecule has 3 rings (SSSR count). The highest BCUT2D eigenvalue weighted by atomic mass is 15.4. The first kappa shape index (κ1) is 13.2. The molecule has 5 nitrogen and oxygen atoms in total. The van der Waals surface area contributed by atoms with E-state index in [0.29, 0.717) is 11.8 Å². The van der Waals surface area contributed by atoms with Crippen molar-refractivity contribution >= 4 is 5.95 Å². The van der Waals surface area contributed by atoms with Gasteiger partial charge in [0.25, 0.3) is 5.95 Å². The van der Waals surface area contributed by atoms with E-state index < -0.39 is 0 Å². The Morgan fingerprint density at radius 2 is 1.29 bits per heavy atom. The second-order valence-corrected chi connectivity index (χ2v) is 4.86. The molecule has 0 aliphatic heterocycles. The van der Waals surface area contributed by atoms with Crippen molar-refractivity contribution in [3.05, 3.63) is 54.6 Å². The molecule has 0 saturated carbocycles. The molecule has 21 heavy (non-hydrogen) atoms. The maximum absolute atomic E-state index is 4.14. The Hall–Kier alpha value is -2.82. The zero-order valence-corrected chi connectivity index (χ0v) is 11.9. The molecule has 0 atom stereocenters. The molecule has 5 heteroatoms. The minimum Gasteiger partial charge on any atom is -0.344 e. The zero-order chi connectivity index (χ0) is 14.7. The van der Waals surface area contributed by atoms with E-state index in [0.717, 1.165) is 16.7 Å². The van der Waals surface area contributed by atoms with Crippen LogP contribution in [0.3, 0.4) is 0 Å². The second-order valence-electron chi connectivity index (χ2n) is 4.86. The average Bonchev–Trinajstić information content (AvgIpc) is 2.56. The fourth-order valence-electron chi connectivity index (χ4n) is 1.99. The van der Waals surface area contributed by atoms with E-state index in [4.69, 9.17) is 0 Å². The number of rotatable bonds is 3. The molecule has 0 unspecified atom stereocenters. The molecule has 1 aromatic heterocycles. The number of benzene rings is 2. The van der Waals surface area contributed by atoms with Crippen LogP contribution in [0.2, 0.25) is 0 Å². The van der Waals surface area contributed by atoms with Crippen LogP contribution in [0.25, 0.3) is 22.5 Å². The SMILES string of the molecule is CN(C)c1nnc(-c2cccc(-c3ccccc3)c2)nn1. The summed E-state index contributed by atoms with van der Waals surface area (Å²) in [5.41, 5.74) is 3.18. The van der Waals surface area contributed by atoms with Crippen LogP contribution in [-0.2, 0) is 0 Å². The lowest BCUT2D eigenvalue weighted by Gasteiger charge is -2.08. The Morgan fingerprint density at radius 1 is 0.667 bits per heavy atom. The normalized spacial score (nSPS) is 10.4. The van der Waals surface area contributed by atoms with Crippen molar-refractivity contribution in [3.8, 4) is 22.5 Å². The van der Waals surface area contributed by atoms with Gasteiger partial charge in [0.05, 0.1) is 0 Å². The van der Waals surface area contributed by atoms with E-state index in [1.54, 1.807) is 4.90 Å². The molecule has 1 heterocycles. The van der Waals surface area contributed by atoms with Crippen molar-refractivity contribution in [2.45, 2.75) is 0 Å². The van der Waals surface area contributed by atoms with Crippen LogP contribution < -0.4 is 4.90 Å². The molecular formula is C16H15N5. The smallest absolute Gasteiger partial charge is 0.264 e. The lowest BCUT2D eigenvalue weighted by molar-refractivity contribution is 0.830. The summed E-state index contributed by atoms with van der Waals surface area (Å²) in [5, 5.41) is 16.4. The number of nitrogens with zero attached hydrogens (tertiary/aromatic N) is 5. The highest BCUT2D eigenvalue weighted by molar-refractivity contribution is 5.69. The van der Waals surface area contributed by atoms with Gasteiger partial charge in [0, 0.05) is 19.7 Å². The number of hydrogen-bond acceptors (Lipinski definition) is 5. The van der Waals surface area contributed by atoms with Crippen LogP contribution in [0.4, 0.5) is 5.95 Å².